The summed E-state index contributed by atoms with van der Waals surface area (Å²) in [5.74, 6) is 0. The first-order valence-electron chi connectivity index (χ1n) is 8.11. The van der Waals surface area contributed by atoms with Gasteiger partial charge in [-0.25, -0.2) is 4.79 Å². The standard InChI is InChI=1S/C15H21BrN4O4S/c16-13-1-3-14(4-2-13)17-15(21)18-5-7-19(8-6-18)25(22,23)20-9-11-24-12-10-20/h1-4H,5-12H2,(H,17,21). The number of halogens is 1. The minimum Gasteiger partial charge on any atom is -0.379 e. The molecule has 0 saturated carbocycles. The van der Waals surface area contributed by atoms with Gasteiger partial charge < -0.3 is 15.0 Å². The predicted molar refractivity (Wildman–Crippen MR) is 97.6 cm³/mol. The zero-order valence-electron chi connectivity index (χ0n) is 13.7. The SMILES string of the molecule is O=C(Nc1ccc(Br)cc1)N1CCN(S(=O)(=O)N2CCOCC2)CC1. The van der Waals surface area contributed by atoms with E-state index >= 15 is 0 Å². The Kier molecular flexibility index (Phi) is 5.95. The van der Waals surface area contributed by atoms with Crippen LogP contribution in [0.4, 0.5) is 10.5 Å². The molecule has 1 aromatic carbocycles. The molecule has 0 atom stereocenters. The number of anilines is 1. The van der Waals surface area contributed by atoms with Crippen molar-refractivity contribution in [2.45, 2.75) is 0 Å². The van der Waals surface area contributed by atoms with Gasteiger partial charge in [-0.3, -0.25) is 0 Å². The van der Waals surface area contributed by atoms with Gasteiger partial charge in [-0.2, -0.15) is 17.0 Å². The van der Waals surface area contributed by atoms with E-state index in [9.17, 15) is 13.2 Å². The molecule has 8 nitrogen and oxygen atoms in total. The van der Waals surface area contributed by atoms with E-state index in [1.54, 1.807) is 17.0 Å². The van der Waals surface area contributed by atoms with E-state index in [4.69, 9.17) is 4.74 Å². The van der Waals surface area contributed by atoms with Gasteiger partial charge in [-0.15, -0.1) is 0 Å². The van der Waals surface area contributed by atoms with Crippen molar-refractivity contribution in [3.63, 3.8) is 0 Å². The number of nitrogens with one attached hydrogen (secondary N) is 1. The first-order valence-corrected chi connectivity index (χ1v) is 10.3. The molecule has 25 heavy (non-hydrogen) atoms. The molecule has 0 spiro atoms. The van der Waals surface area contributed by atoms with E-state index in [2.05, 4.69) is 21.2 Å². The molecule has 2 amide bonds. The Morgan fingerprint density at radius 3 is 2.12 bits per heavy atom. The van der Waals surface area contributed by atoms with Gasteiger partial charge in [-0.05, 0) is 24.3 Å². The molecule has 0 aliphatic carbocycles. The second-order valence-electron chi connectivity index (χ2n) is 5.84. The molecule has 2 fully saturated rings. The molecule has 0 radical (unpaired) electrons. The van der Waals surface area contributed by atoms with Crippen molar-refractivity contribution in [1.82, 2.24) is 13.5 Å². The molecular weight excluding hydrogens is 412 g/mol. The van der Waals surface area contributed by atoms with Crippen LogP contribution >= 0.6 is 15.9 Å². The molecule has 1 aromatic rings. The number of carbonyl (C=O) groups is 1. The summed E-state index contributed by atoms with van der Waals surface area (Å²) in [5.41, 5.74) is 0.705. The number of piperazine rings is 1. The van der Waals surface area contributed by atoms with Crippen molar-refractivity contribution < 1.29 is 17.9 Å². The van der Waals surface area contributed by atoms with Gasteiger partial charge in [0.1, 0.15) is 0 Å². The van der Waals surface area contributed by atoms with Gasteiger partial charge in [0.05, 0.1) is 13.2 Å². The van der Waals surface area contributed by atoms with Crippen LogP contribution in [0.5, 0.6) is 0 Å². The van der Waals surface area contributed by atoms with Crippen LogP contribution in [0.15, 0.2) is 28.7 Å². The highest BCUT2D eigenvalue weighted by atomic mass is 79.9. The van der Waals surface area contributed by atoms with Gasteiger partial charge in [0, 0.05) is 49.4 Å². The van der Waals surface area contributed by atoms with Crippen molar-refractivity contribution in [2.24, 2.45) is 0 Å². The van der Waals surface area contributed by atoms with Gasteiger partial charge in [-0.1, -0.05) is 15.9 Å². The molecule has 0 unspecified atom stereocenters. The van der Waals surface area contributed by atoms with Gasteiger partial charge in [0.25, 0.3) is 10.2 Å². The smallest absolute Gasteiger partial charge is 0.321 e. The lowest BCUT2D eigenvalue weighted by molar-refractivity contribution is 0.0691. The predicted octanol–water partition coefficient (Wildman–Crippen LogP) is 1.18. The maximum absolute atomic E-state index is 12.6. The van der Waals surface area contributed by atoms with Crippen molar-refractivity contribution in [2.75, 3.05) is 57.8 Å². The molecule has 138 valence electrons. The molecule has 1 N–H and O–H groups in total. The highest BCUT2D eigenvalue weighted by Crippen LogP contribution is 2.17. The van der Waals surface area contributed by atoms with Crippen LogP contribution in [0.1, 0.15) is 0 Å². The first-order chi connectivity index (χ1) is 12.0. The molecule has 0 bridgehead atoms. The fourth-order valence-corrected chi connectivity index (χ4v) is 4.62. The van der Waals surface area contributed by atoms with Crippen LogP contribution in [0.2, 0.25) is 0 Å². The van der Waals surface area contributed by atoms with Crippen LogP contribution in [0.3, 0.4) is 0 Å². The minimum absolute atomic E-state index is 0.217. The monoisotopic (exact) mass is 432 g/mol. The Bertz CT molecular complexity index is 699. The fraction of sp³-hybridized carbons (Fsp3) is 0.533. The summed E-state index contributed by atoms with van der Waals surface area (Å²) < 4.78 is 34.3. The number of benzene rings is 1. The van der Waals surface area contributed by atoms with E-state index in [0.29, 0.717) is 58.2 Å². The molecule has 2 aliphatic rings. The molecule has 0 aromatic heterocycles. The van der Waals surface area contributed by atoms with Crippen LogP contribution in [-0.4, -0.2) is 80.4 Å². The lowest BCUT2D eigenvalue weighted by Gasteiger charge is -2.37. The number of urea groups is 1. The number of hydrogen-bond donors (Lipinski definition) is 1. The molecule has 2 heterocycles. The molecule has 2 aliphatic heterocycles. The zero-order valence-corrected chi connectivity index (χ0v) is 16.1. The maximum Gasteiger partial charge on any atom is 0.321 e. The lowest BCUT2D eigenvalue weighted by Crippen LogP contribution is -2.56. The Morgan fingerprint density at radius 2 is 1.52 bits per heavy atom. The van der Waals surface area contributed by atoms with Crippen molar-refractivity contribution in [3.8, 4) is 0 Å². The van der Waals surface area contributed by atoms with Crippen LogP contribution in [0.25, 0.3) is 0 Å². The highest BCUT2D eigenvalue weighted by Gasteiger charge is 2.34. The number of amides is 2. The quantitative estimate of drug-likeness (QED) is 0.776. The van der Waals surface area contributed by atoms with E-state index in [-0.39, 0.29) is 6.03 Å². The molecule has 2 saturated heterocycles. The maximum atomic E-state index is 12.6. The second kappa shape index (κ2) is 8.00. The van der Waals surface area contributed by atoms with Crippen LogP contribution in [0, 0.1) is 0 Å². The molecule has 10 heteroatoms. The summed E-state index contributed by atoms with van der Waals surface area (Å²) in [5, 5.41) is 2.83. The minimum atomic E-state index is -3.47. The topological polar surface area (TPSA) is 82.2 Å². The normalized spacial score (nSPS) is 20.4. The number of morpholine rings is 1. The number of nitrogens with zero attached hydrogens (tertiary/aromatic N) is 3. The van der Waals surface area contributed by atoms with E-state index < -0.39 is 10.2 Å². The summed E-state index contributed by atoms with van der Waals surface area (Å²) in [6, 6.07) is 7.10. The van der Waals surface area contributed by atoms with Crippen LogP contribution < -0.4 is 5.32 Å². The van der Waals surface area contributed by atoms with E-state index in [1.807, 2.05) is 12.1 Å². The summed E-state index contributed by atoms with van der Waals surface area (Å²) in [6.45, 7) is 2.95. The Labute approximate surface area is 156 Å². The highest BCUT2D eigenvalue weighted by molar-refractivity contribution is 9.10. The van der Waals surface area contributed by atoms with Gasteiger partial charge >= 0.3 is 6.03 Å². The summed E-state index contributed by atoms with van der Waals surface area (Å²) in [6.07, 6.45) is 0. The van der Waals surface area contributed by atoms with Gasteiger partial charge in [0.2, 0.25) is 0 Å². The second-order valence-corrected chi connectivity index (χ2v) is 8.69. The fourth-order valence-electron chi connectivity index (χ4n) is 2.80. The lowest BCUT2D eigenvalue weighted by atomic mass is 10.3. The molecular formula is C15H21BrN4O4S. The van der Waals surface area contributed by atoms with Crippen molar-refractivity contribution >= 4 is 37.9 Å². The average molecular weight is 433 g/mol. The Hall–Kier alpha value is -1.20. The Balaban J connectivity index is 1.54. The largest absolute Gasteiger partial charge is 0.379 e. The summed E-state index contributed by atoms with van der Waals surface area (Å²) in [7, 11) is -3.47. The van der Waals surface area contributed by atoms with E-state index in [1.165, 1.54) is 8.61 Å². The zero-order chi connectivity index (χ0) is 17.9. The van der Waals surface area contributed by atoms with Crippen molar-refractivity contribution in [1.29, 1.82) is 0 Å². The Morgan fingerprint density at radius 1 is 0.960 bits per heavy atom. The average Bonchev–Trinajstić information content (AvgIpc) is 2.64. The van der Waals surface area contributed by atoms with E-state index in [0.717, 1.165) is 4.47 Å². The molecule has 3 rings (SSSR count). The van der Waals surface area contributed by atoms with Crippen LogP contribution in [-0.2, 0) is 14.9 Å². The first kappa shape index (κ1) is 18.6. The summed E-state index contributed by atoms with van der Waals surface area (Å²) in [4.78, 5) is 14.0. The number of carbonyl (C=O) groups excluding carboxylic acids is 1. The van der Waals surface area contributed by atoms with Gasteiger partial charge in [0.15, 0.2) is 0 Å². The third-order valence-corrected chi connectivity index (χ3v) is 6.81. The number of hydrogen-bond acceptors (Lipinski definition) is 4. The van der Waals surface area contributed by atoms with Crippen molar-refractivity contribution in [3.05, 3.63) is 28.7 Å². The third kappa shape index (κ3) is 4.50. The summed E-state index contributed by atoms with van der Waals surface area (Å²) >= 11 is 3.35. The third-order valence-electron chi connectivity index (χ3n) is 4.24. The number of ether oxygens (including phenoxy) is 1. The number of rotatable bonds is 3.